The van der Waals surface area contributed by atoms with Gasteiger partial charge in [0.15, 0.2) is 0 Å². The van der Waals surface area contributed by atoms with Gasteiger partial charge in [0.2, 0.25) is 0 Å². The molecule has 90 valence electrons. The zero-order valence-electron chi connectivity index (χ0n) is 9.40. The minimum atomic E-state index is -0.816. The molecule has 3 rings (SSSR count). The lowest BCUT2D eigenvalue weighted by atomic mass is 9.89. The van der Waals surface area contributed by atoms with Gasteiger partial charge in [0.05, 0.1) is 5.92 Å². The SMILES string of the molecule is O=C(O)C1CN(C2CC2)Cc2cc(F)ccc21. The third-order valence-electron chi connectivity index (χ3n) is 3.63. The minimum absolute atomic E-state index is 0.287. The van der Waals surface area contributed by atoms with E-state index in [0.717, 1.165) is 24.0 Å². The van der Waals surface area contributed by atoms with Crippen molar-refractivity contribution in [3.05, 3.63) is 35.1 Å². The largest absolute Gasteiger partial charge is 0.481 e. The highest BCUT2D eigenvalue weighted by atomic mass is 19.1. The van der Waals surface area contributed by atoms with Gasteiger partial charge in [0, 0.05) is 19.1 Å². The van der Waals surface area contributed by atoms with Crippen LogP contribution >= 0.6 is 0 Å². The maximum Gasteiger partial charge on any atom is 0.312 e. The number of aliphatic carboxylic acids is 1. The van der Waals surface area contributed by atoms with Crippen molar-refractivity contribution in [3.8, 4) is 0 Å². The van der Waals surface area contributed by atoms with Crippen molar-refractivity contribution in [1.82, 2.24) is 4.90 Å². The molecule has 1 aromatic carbocycles. The normalized spacial score (nSPS) is 24.4. The number of halogens is 1. The lowest BCUT2D eigenvalue weighted by Crippen LogP contribution is -2.38. The van der Waals surface area contributed by atoms with E-state index in [4.69, 9.17) is 0 Å². The summed E-state index contributed by atoms with van der Waals surface area (Å²) in [5.41, 5.74) is 1.60. The molecule has 2 aliphatic rings. The first-order valence-electron chi connectivity index (χ1n) is 5.90. The number of fused-ring (bicyclic) bond motifs is 1. The molecule has 0 aromatic heterocycles. The van der Waals surface area contributed by atoms with Crippen LogP contribution in [-0.4, -0.2) is 28.6 Å². The molecule has 1 saturated carbocycles. The second-order valence-electron chi connectivity index (χ2n) is 4.89. The molecule has 3 nitrogen and oxygen atoms in total. The third kappa shape index (κ3) is 1.93. The minimum Gasteiger partial charge on any atom is -0.481 e. The topological polar surface area (TPSA) is 40.5 Å². The molecule has 1 aliphatic carbocycles. The summed E-state index contributed by atoms with van der Waals surface area (Å²) in [7, 11) is 0. The molecule has 0 radical (unpaired) electrons. The van der Waals surface area contributed by atoms with Gasteiger partial charge in [0.25, 0.3) is 0 Å². The number of hydrogen-bond acceptors (Lipinski definition) is 2. The van der Waals surface area contributed by atoms with Gasteiger partial charge >= 0.3 is 5.97 Å². The molecule has 1 aliphatic heterocycles. The molecular formula is C13H14FNO2. The number of benzene rings is 1. The Morgan fingerprint density at radius 2 is 2.18 bits per heavy atom. The predicted octanol–water partition coefficient (Wildman–Crippen LogP) is 1.97. The van der Waals surface area contributed by atoms with Crippen LogP contribution in [-0.2, 0) is 11.3 Å². The zero-order chi connectivity index (χ0) is 12.0. The molecule has 1 aromatic rings. The molecule has 1 N–H and O–H groups in total. The summed E-state index contributed by atoms with van der Waals surface area (Å²) >= 11 is 0. The molecule has 1 heterocycles. The van der Waals surface area contributed by atoms with Crippen LogP contribution in [0.25, 0.3) is 0 Å². The van der Waals surface area contributed by atoms with Crippen LogP contribution in [0.3, 0.4) is 0 Å². The number of carbonyl (C=O) groups is 1. The third-order valence-corrected chi connectivity index (χ3v) is 3.63. The maximum absolute atomic E-state index is 13.2. The van der Waals surface area contributed by atoms with Crippen LogP contribution in [0.4, 0.5) is 4.39 Å². The second-order valence-corrected chi connectivity index (χ2v) is 4.89. The average molecular weight is 235 g/mol. The Balaban J connectivity index is 1.98. The number of nitrogens with zero attached hydrogens (tertiary/aromatic N) is 1. The van der Waals surface area contributed by atoms with Crippen molar-refractivity contribution in [2.24, 2.45) is 0 Å². The number of carboxylic acid groups (broad SMARTS) is 1. The van der Waals surface area contributed by atoms with E-state index in [1.807, 2.05) is 0 Å². The van der Waals surface area contributed by atoms with Gasteiger partial charge in [-0.05, 0) is 36.1 Å². The van der Waals surface area contributed by atoms with E-state index < -0.39 is 11.9 Å². The Bertz CT molecular complexity index is 470. The predicted molar refractivity (Wildman–Crippen MR) is 60.2 cm³/mol. The molecule has 1 unspecified atom stereocenters. The van der Waals surface area contributed by atoms with Crippen molar-refractivity contribution in [2.45, 2.75) is 31.3 Å². The van der Waals surface area contributed by atoms with Gasteiger partial charge in [-0.25, -0.2) is 4.39 Å². The van der Waals surface area contributed by atoms with E-state index in [1.54, 1.807) is 6.07 Å². The van der Waals surface area contributed by atoms with Crippen LogP contribution in [0.5, 0.6) is 0 Å². The highest BCUT2D eigenvalue weighted by Crippen LogP contribution is 2.36. The summed E-state index contributed by atoms with van der Waals surface area (Å²) in [4.78, 5) is 13.4. The van der Waals surface area contributed by atoms with Crippen molar-refractivity contribution in [3.63, 3.8) is 0 Å². The summed E-state index contributed by atoms with van der Waals surface area (Å²) in [5.74, 6) is -1.62. The van der Waals surface area contributed by atoms with E-state index in [1.165, 1.54) is 12.1 Å². The fourth-order valence-electron chi connectivity index (χ4n) is 2.60. The van der Waals surface area contributed by atoms with Gasteiger partial charge in [-0.15, -0.1) is 0 Å². The van der Waals surface area contributed by atoms with Gasteiger partial charge in [0.1, 0.15) is 5.82 Å². The molecular weight excluding hydrogens is 221 g/mol. The summed E-state index contributed by atoms with van der Waals surface area (Å²) in [6.45, 7) is 1.24. The second kappa shape index (κ2) is 3.81. The Morgan fingerprint density at radius 1 is 1.41 bits per heavy atom. The summed E-state index contributed by atoms with van der Waals surface area (Å²) in [6.07, 6.45) is 2.27. The lowest BCUT2D eigenvalue weighted by Gasteiger charge is -2.32. The van der Waals surface area contributed by atoms with E-state index in [9.17, 15) is 14.3 Å². The zero-order valence-corrected chi connectivity index (χ0v) is 9.40. The highest BCUT2D eigenvalue weighted by molar-refractivity contribution is 5.77. The standard InChI is InChI=1S/C13H14FNO2/c14-9-1-4-11-8(5-9)6-15(10-2-3-10)7-12(11)13(16)17/h1,4-5,10,12H,2-3,6-7H2,(H,16,17). The maximum atomic E-state index is 13.2. The van der Waals surface area contributed by atoms with Crippen molar-refractivity contribution in [2.75, 3.05) is 6.54 Å². The first kappa shape index (κ1) is 10.7. The molecule has 0 spiro atoms. The summed E-state index contributed by atoms with van der Waals surface area (Å²) in [6, 6.07) is 4.95. The number of hydrogen-bond donors (Lipinski definition) is 1. The first-order valence-corrected chi connectivity index (χ1v) is 5.90. The fraction of sp³-hybridized carbons (Fsp3) is 0.462. The molecule has 1 atom stereocenters. The van der Waals surface area contributed by atoms with Gasteiger partial charge in [-0.3, -0.25) is 9.69 Å². The molecule has 0 amide bonds. The van der Waals surface area contributed by atoms with Gasteiger partial charge < -0.3 is 5.11 Å². The van der Waals surface area contributed by atoms with Crippen LogP contribution in [0.15, 0.2) is 18.2 Å². The van der Waals surface area contributed by atoms with Crippen molar-refractivity contribution >= 4 is 5.97 Å². The van der Waals surface area contributed by atoms with Gasteiger partial charge in [-0.2, -0.15) is 0 Å². The highest BCUT2D eigenvalue weighted by Gasteiger charge is 2.37. The number of rotatable bonds is 2. The molecule has 0 saturated heterocycles. The fourth-order valence-corrected chi connectivity index (χ4v) is 2.60. The van der Waals surface area contributed by atoms with Crippen LogP contribution in [0, 0.1) is 5.82 Å². The Kier molecular flexibility index (Phi) is 2.40. The van der Waals surface area contributed by atoms with Crippen LogP contribution in [0.1, 0.15) is 29.9 Å². The Morgan fingerprint density at radius 3 is 2.82 bits per heavy atom. The van der Waals surface area contributed by atoms with Crippen molar-refractivity contribution in [1.29, 1.82) is 0 Å². The molecule has 4 heteroatoms. The first-order chi connectivity index (χ1) is 8.15. The smallest absolute Gasteiger partial charge is 0.312 e. The van der Waals surface area contributed by atoms with E-state index in [2.05, 4.69) is 4.90 Å². The Hall–Kier alpha value is -1.42. The van der Waals surface area contributed by atoms with E-state index in [0.29, 0.717) is 19.1 Å². The molecule has 1 fully saturated rings. The lowest BCUT2D eigenvalue weighted by molar-refractivity contribution is -0.139. The van der Waals surface area contributed by atoms with E-state index in [-0.39, 0.29) is 5.82 Å². The monoisotopic (exact) mass is 235 g/mol. The van der Waals surface area contributed by atoms with E-state index >= 15 is 0 Å². The number of carboxylic acids is 1. The van der Waals surface area contributed by atoms with Crippen LogP contribution in [0.2, 0.25) is 0 Å². The Labute approximate surface area is 98.9 Å². The molecule has 17 heavy (non-hydrogen) atoms. The summed E-state index contributed by atoms with van der Waals surface area (Å²) in [5, 5.41) is 9.25. The average Bonchev–Trinajstić information content (AvgIpc) is 3.10. The quantitative estimate of drug-likeness (QED) is 0.852. The molecule has 0 bridgehead atoms. The van der Waals surface area contributed by atoms with Crippen molar-refractivity contribution < 1.29 is 14.3 Å². The van der Waals surface area contributed by atoms with Crippen LogP contribution < -0.4 is 0 Å². The van der Waals surface area contributed by atoms with Gasteiger partial charge in [-0.1, -0.05) is 6.07 Å². The summed E-state index contributed by atoms with van der Waals surface area (Å²) < 4.78 is 13.2.